The molecular weight excluding hydrogens is 265 g/mol. The number of rotatable bonds is 6. The first-order valence-electron chi connectivity index (χ1n) is 6.11. The quantitative estimate of drug-likeness (QED) is 0.634. The molecule has 106 valence electrons. The van der Waals surface area contributed by atoms with Crippen molar-refractivity contribution in [1.29, 1.82) is 0 Å². The molecule has 0 saturated heterocycles. The van der Waals surface area contributed by atoms with E-state index in [1.807, 2.05) is 0 Å². The van der Waals surface area contributed by atoms with Gasteiger partial charge in [-0.2, -0.15) is 0 Å². The molecule has 0 radical (unpaired) electrons. The molecule has 1 aromatic heterocycles. The highest BCUT2D eigenvalue weighted by molar-refractivity contribution is 5.35. The van der Waals surface area contributed by atoms with Crippen LogP contribution in [0.1, 0.15) is 17.7 Å². The molecule has 0 amide bonds. The molecule has 0 aliphatic heterocycles. The SMILES string of the molecule is NCCCc1cn(Cc2cc(F)cc([N+](=O)[O-])c2)nn1. The number of benzene rings is 1. The third kappa shape index (κ3) is 3.58. The van der Waals surface area contributed by atoms with Crippen molar-refractivity contribution in [1.82, 2.24) is 15.0 Å². The summed E-state index contributed by atoms with van der Waals surface area (Å²) in [5.41, 5.74) is 6.39. The van der Waals surface area contributed by atoms with Crippen molar-refractivity contribution in [2.24, 2.45) is 5.73 Å². The molecule has 0 spiro atoms. The molecule has 0 fully saturated rings. The molecule has 7 nitrogen and oxygen atoms in total. The molecule has 1 heterocycles. The van der Waals surface area contributed by atoms with Crippen LogP contribution in [0.25, 0.3) is 0 Å². The van der Waals surface area contributed by atoms with Gasteiger partial charge >= 0.3 is 0 Å². The smallest absolute Gasteiger partial charge is 0.272 e. The zero-order valence-corrected chi connectivity index (χ0v) is 10.7. The van der Waals surface area contributed by atoms with Crippen LogP contribution in [0.3, 0.4) is 0 Å². The van der Waals surface area contributed by atoms with E-state index in [4.69, 9.17) is 5.73 Å². The van der Waals surface area contributed by atoms with Crippen molar-refractivity contribution in [3.63, 3.8) is 0 Å². The lowest BCUT2D eigenvalue weighted by molar-refractivity contribution is -0.385. The van der Waals surface area contributed by atoms with E-state index in [2.05, 4.69) is 10.3 Å². The minimum atomic E-state index is -0.641. The molecule has 2 aromatic rings. The van der Waals surface area contributed by atoms with Gasteiger partial charge in [-0.1, -0.05) is 5.21 Å². The van der Waals surface area contributed by atoms with Crippen molar-refractivity contribution in [2.75, 3.05) is 6.54 Å². The van der Waals surface area contributed by atoms with Gasteiger partial charge in [0.1, 0.15) is 5.82 Å². The second kappa shape index (κ2) is 6.20. The van der Waals surface area contributed by atoms with Crippen molar-refractivity contribution in [3.8, 4) is 0 Å². The third-order valence-electron chi connectivity index (χ3n) is 2.72. The molecule has 0 bridgehead atoms. The Kier molecular flexibility index (Phi) is 4.36. The van der Waals surface area contributed by atoms with Crippen LogP contribution in [0.2, 0.25) is 0 Å². The van der Waals surface area contributed by atoms with Crippen LogP contribution in [0.15, 0.2) is 24.4 Å². The zero-order chi connectivity index (χ0) is 14.5. The Morgan fingerprint density at radius 2 is 2.20 bits per heavy atom. The van der Waals surface area contributed by atoms with Gasteiger partial charge in [-0.3, -0.25) is 10.1 Å². The summed E-state index contributed by atoms with van der Waals surface area (Å²) in [6.07, 6.45) is 3.26. The Hall–Kier alpha value is -2.35. The second-order valence-electron chi connectivity index (χ2n) is 4.37. The van der Waals surface area contributed by atoms with Gasteiger partial charge < -0.3 is 5.73 Å². The minimum absolute atomic E-state index is 0.230. The van der Waals surface area contributed by atoms with Gasteiger partial charge in [0.2, 0.25) is 0 Å². The molecule has 20 heavy (non-hydrogen) atoms. The van der Waals surface area contributed by atoms with Crippen LogP contribution in [-0.4, -0.2) is 26.5 Å². The fraction of sp³-hybridized carbons (Fsp3) is 0.333. The van der Waals surface area contributed by atoms with Crippen LogP contribution in [0, 0.1) is 15.9 Å². The molecule has 2 rings (SSSR count). The van der Waals surface area contributed by atoms with E-state index in [9.17, 15) is 14.5 Å². The van der Waals surface area contributed by atoms with E-state index >= 15 is 0 Å². The van der Waals surface area contributed by atoms with Gasteiger partial charge in [0, 0.05) is 12.3 Å². The molecule has 2 N–H and O–H groups in total. The minimum Gasteiger partial charge on any atom is -0.330 e. The third-order valence-corrected chi connectivity index (χ3v) is 2.72. The van der Waals surface area contributed by atoms with Gasteiger partial charge in [-0.15, -0.1) is 5.10 Å². The Morgan fingerprint density at radius 1 is 1.40 bits per heavy atom. The maximum Gasteiger partial charge on any atom is 0.272 e. The highest BCUT2D eigenvalue weighted by atomic mass is 19.1. The van der Waals surface area contributed by atoms with Crippen molar-refractivity contribution >= 4 is 5.69 Å². The summed E-state index contributed by atoms with van der Waals surface area (Å²) in [7, 11) is 0. The van der Waals surface area contributed by atoms with Gasteiger partial charge in [-0.05, 0) is 31.0 Å². The number of nitrogens with zero attached hydrogens (tertiary/aromatic N) is 4. The second-order valence-corrected chi connectivity index (χ2v) is 4.37. The molecular formula is C12H14FN5O2. The summed E-state index contributed by atoms with van der Waals surface area (Å²) in [6, 6.07) is 3.45. The summed E-state index contributed by atoms with van der Waals surface area (Å²) in [5.74, 6) is -0.641. The van der Waals surface area contributed by atoms with Crippen molar-refractivity contribution < 1.29 is 9.31 Å². The first kappa shape index (κ1) is 14.1. The number of nitro benzene ring substituents is 1. The number of hydrogen-bond acceptors (Lipinski definition) is 5. The maximum absolute atomic E-state index is 13.3. The number of halogens is 1. The van der Waals surface area contributed by atoms with Crippen molar-refractivity contribution in [2.45, 2.75) is 19.4 Å². The fourth-order valence-corrected chi connectivity index (χ4v) is 1.83. The van der Waals surface area contributed by atoms with E-state index in [1.165, 1.54) is 16.8 Å². The first-order chi connectivity index (χ1) is 9.58. The Balaban J connectivity index is 2.13. The van der Waals surface area contributed by atoms with E-state index in [0.717, 1.165) is 24.6 Å². The summed E-state index contributed by atoms with van der Waals surface area (Å²) < 4.78 is 14.8. The summed E-state index contributed by atoms with van der Waals surface area (Å²) in [5, 5.41) is 18.5. The first-order valence-corrected chi connectivity index (χ1v) is 6.11. The molecule has 0 saturated carbocycles. The lowest BCUT2D eigenvalue weighted by atomic mass is 10.2. The summed E-state index contributed by atoms with van der Waals surface area (Å²) >= 11 is 0. The number of aromatic nitrogens is 3. The van der Waals surface area contributed by atoms with E-state index in [1.54, 1.807) is 6.20 Å². The molecule has 0 aliphatic rings. The Morgan fingerprint density at radius 3 is 2.90 bits per heavy atom. The molecule has 0 unspecified atom stereocenters. The number of non-ortho nitro benzene ring substituents is 1. The normalized spacial score (nSPS) is 10.7. The van der Waals surface area contributed by atoms with E-state index in [0.29, 0.717) is 12.1 Å². The zero-order valence-electron chi connectivity index (χ0n) is 10.7. The average molecular weight is 279 g/mol. The van der Waals surface area contributed by atoms with E-state index < -0.39 is 10.7 Å². The van der Waals surface area contributed by atoms with Crippen LogP contribution < -0.4 is 5.73 Å². The number of nitro groups is 1. The molecule has 8 heteroatoms. The van der Waals surface area contributed by atoms with Gasteiger partial charge in [0.05, 0.1) is 23.2 Å². The Bertz CT molecular complexity index is 614. The van der Waals surface area contributed by atoms with Gasteiger partial charge in [0.15, 0.2) is 0 Å². The number of hydrogen-bond donors (Lipinski definition) is 1. The topological polar surface area (TPSA) is 99.9 Å². The largest absolute Gasteiger partial charge is 0.330 e. The molecule has 0 atom stereocenters. The lowest BCUT2D eigenvalue weighted by Crippen LogP contribution is -2.02. The van der Waals surface area contributed by atoms with Gasteiger partial charge in [0.25, 0.3) is 5.69 Å². The lowest BCUT2D eigenvalue weighted by Gasteiger charge is -2.01. The average Bonchev–Trinajstić information content (AvgIpc) is 2.83. The van der Waals surface area contributed by atoms with Crippen LogP contribution in [0.5, 0.6) is 0 Å². The van der Waals surface area contributed by atoms with Crippen LogP contribution in [0.4, 0.5) is 10.1 Å². The fourth-order valence-electron chi connectivity index (χ4n) is 1.83. The Labute approximate surface area is 114 Å². The van der Waals surface area contributed by atoms with Crippen LogP contribution >= 0.6 is 0 Å². The maximum atomic E-state index is 13.3. The highest BCUT2D eigenvalue weighted by Crippen LogP contribution is 2.17. The highest BCUT2D eigenvalue weighted by Gasteiger charge is 2.10. The van der Waals surface area contributed by atoms with Crippen LogP contribution in [-0.2, 0) is 13.0 Å². The summed E-state index contributed by atoms with van der Waals surface area (Å²) in [4.78, 5) is 10.0. The predicted molar refractivity (Wildman–Crippen MR) is 69.6 cm³/mol. The molecule has 1 aromatic carbocycles. The number of aryl methyl sites for hydroxylation is 1. The molecule has 0 aliphatic carbocycles. The summed E-state index contributed by atoms with van der Waals surface area (Å²) in [6.45, 7) is 0.803. The van der Waals surface area contributed by atoms with Crippen molar-refractivity contribution in [3.05, 3.63) is 51.6 Å². The number of nitrogens with two attached hydrogens (primary N) is 1. The standard InChI is InChI=1S/C12H14FN5O2/c13-10-4-9(5-12(6-10)18(19)20)7-17-8-11(15-16-17)2-1-3-14/h4-6,8H,1-3,7,14H2. The monoisotopic (exact) mass is 279 g/mol. The van der Waals surface area contributed by atoms with E-state index in [-0.39, 0.29) is 12.2 Å². The van der Waals surface area contributed by atoms with Gasteiger partial charge in [-0.25, -0.2) is 9.07 Å². The predicted octanol–water partition coefficient (Wildman–Crippen LogP) is 1.26.